The number of carbonyl (C=O) groups is 4. The lowest BCUT2D eigenvalue weighted by atomic mass is 9.89. The summed E-state index contributed by atoms with van der Waals surface area (Å²) >= 11 is 0. The van der Waals surface area contributed by atoms with Crippen LogP contribution in [0.3, 0.4) is 0 Å². The number of rotatable bonds is 6. The second kappa shape index (κ2) is 12.5. The lowest BCUT2D eigenvalue weighted by Crippen LogP contribution is -2.50. The summed E-state index contributed by atoms with van der Waals surface area (Å²) in [6.07, 6.45) is -4.19. The normalized spacial score (nSPS) is 20.4. The van der Waals surface area contributed by atoms with Crippen LogP contribution in [0.15, 0.2) is 52.9 Å². The number of carbonyl (C=O) groups excluding carboxylic acids is 4. The minimum Gasteiger partial charge on any atom is -0.444 e. The molecule has 3 aliphatic rings. The number of anilines is 1. The van der Waals surface area contributed by atoms with Gasteiger partial charge >= 0.3 is 12.3 Å². The van der Waals surface area contributed by atoms with E-state index in [0.29, 0.717) is 11.1 Å². The molecule has 2 saturated heterocycles. The summed E-state index contributed by atoms with van der Waals surface area (Å²) in [5.74, 6) is -1.63. The highest BCUT2D eigenvalue weighted by Crippen LogP contribution is 2.34. The molecule has 0 unspecified atom stereocenters. The molecule has 2 aromatic carbocycles. The third-order valence-corrected chi connectivity index (χ3v) is 9.69. The number of nitrogens with zero attached hydrogens (tertiary/aromatic N) is 3. The van der Waals surface area contributed by atoms with Crippen molar-refractivity contribution in [3.05, 3.63) is 70.1 Å². The van der Waals surface area contributed by atoms with Crippen LogP contribution in [0.2, 0.25) is 0 Å². The molecule has 0 saturated carbocycles. The molecule has 16 heteroatoms. The maximum absolute atomic E-state index is 13.2. The first-order valence-corrected chi connectivity index (χ1v) is 16.5. The number of hydrogen-bond acceptors (Lipinski definition) is 8. The van der Waals surface area contributed by atoms with Gasteiger partial charge in [-0.25, -0.2) is 18.1 Å². The van der Waals surface area contributed by atoms with E-state index in [1.54, 1.807) is 39.8 Å². The van der Waals surface area contributed by atoms with Gasteiger partial charge in [0.25, 0.3) is 11.8 Å². The van der Waals surface area contributed by atoms with Gasteiger partial charge in [-0.05, 0) is 82.0 Å². The standard InChI is InChI=1S/C32H34F3N5O7S/c1-19-16-23(40-25(41)18-24(27(40)42)36-29(44)47-30(2,3)4)9-8-20(19)10-15-48(45,46)39-13-11-31(12-14-39)28(43)37-26(38-31)21-6-5-7-22(17-21)32(33,34)35/h5-10,15-17,24H,11-14,18H2,1-4H3,(H,36,44)(H,37,38,43)/b15-10+/t24-/m0/s1. The van der Waals surface area contributed by atoms with E-state index >= 15 is 0 Å². The second-order valence-electron chi connectivity index (χ2n) is 12.8. The van der Waals surface area contributed by atoms with Crippen LogP contribution < -0.4 is 15.5 Å². The molecular weight excluding hydrogens is 655 g/mol. The highest BCUT2D eigenvalue weighted by Gasteiger charge is 2.47. The van der Waals surface area contributed by atoms with E-state index in [0.717, 1.165) is 22.4 Å². The predicted molar refractivity (Wildman–Crippen MR) is 169 cm³/mol. The van der Waals surface area contributed by atoms with Gasteiger partial charge in [-0.3, -0.25) is 19.4 Å². The number of imide groups is 1. The van der Waals surface area contributed by atoms with Crippen molar-refractivity contribution in [2.45, 2.75) is 70.3 Å². The van der Waals surface area contributed by atoms with Crippen LogP contribution in [0, 0.1) is 6.92 Å². The number of alkyl carbamates (subject to hydrolysis) is 1. The Kier molecular flexibility index (Phi) is 9.03. The topological polar surface area (TPSA) is 155 Å². The SMILES string of the molecule is Cc1cc(N2C(=O)C[C@H](NC(=O)OC(C)(C)C)C2=O)ccc1/C=C/S(=O)(=O)N1CCC2(CC1)N=C(c1cccc(C(F)(F)F)c1)NC2=O. The van der Waals surface area contributed by atoms with Gasteiger partial charge in [0.05, 0.1) is 17.7 Å². The number of aliphatic imine (C=N–C) groups is 1. The zero-order valence-corrected chi connectivity index (χ0v) is 27.4. The molecule has 3 heterocycles. The summed E-state index contributed by atoms with van der Waals surface area (Å²) in [5.41, 5.74) is -1.53. The fourth-order valence-electron chi connectivity index (χ4n) is 5.64. The van der Waals surface area contributed by atoms with Crippen molar-refractivity contribution in [3.8, 4) is 0 Å². The number of sulfonamides is 1. The van der Waals surface area contributed by atoms with Crippen molar-refractivity contribution in [1.29, 1.82) is 0 Å². The Morgan fingerprint density at radius 1 is 1.08 bits per heavy atom. The minimum atomic E-state index is -4.57. The molecule has 12 nitrogen and oxygen atoms in total. The number of hydrogen-bond donors (Lipinski definition) is 2. The molecule has 256 valence electrons. The summed E-state index contributed by atoms with van der Waals surface area (Å²) in [6, 6.07) is 7.98. The molecule has 1 atom stereocenters. The fourth-order valence-corrected chi connectivity index (χ4v) is 6.82. The number of amidine groups is 1. The molecule has 5 rings (SSSR count). The van der Waals surface area contributed by atoms with Crippen molar-refractivity contribution in [1.82, 2.24) is 14.9 Å². The number of halogens is 3. The van der Waals surface area contributed by atoms with Crippen molar-refractivity contribution in [3.63, 3.8) is 0 Å². The fraction of sp³-hybridized carbons (Fsp3) is 0.406. The minimum absolute atomic E-state index is 0.00776. The highest BCUT2D eigenvalue weighted by atomic mass is 32.2. The number of amides is 4. The maximum Gasteiger partial charge on any atom is 0.416 e. The molecule has 2 aromatic rings. The zero-order chi connectivity index (χ0) is 35.2. The Bertz CT molecular complexity index is 1840. The molecular formula is C32H34F3N5O7S. The van der Waals surface area contributed by atoms with Crippen LogP contribution >= 0.6 is 0 Å². The Balaban J connectivity index is 1.23. The van der Waals surface area contributed by atoms with Gasteiger partial charge in [-0.1, -0.05) is 18.2 Å². The van der Waals surface area contributed by atoms with Gasteiger partial charge in [-0.15, -0.1) is 0 Å². The predicted octanol–water partition coefficient (Wildman–Crippen LogP) is 3.88. The summed E-state index contributed by atoms with van der Waals surface area (Å²) in [4.78, 5) is 56.1. The summed E-state index contributed by atoms with van der Waals surface area (Å²) in [6.45, 7) is 6.59. The Morgan fingerprint density at radius 2 is 1.77 bits per heavy atom. The van der Waals surface area contributed by atoms with Crippen LogP contribution in [0.5, 0.6) is 0 Å². The van der Waals surface area contributed by atoms with Crippen LogP contribution in [0.1, 0.15) is 62.3 Å². The zero-order valence-electron chi connectivity index (χ0n) is 26.6. The van der Waals surface area contributed by atoms with Gasteiger partial charge in [0.15, 0.2) is 0 Å². The van der Waals surface area contributed by atoms with E-state index in [4.69, 9.17) is 4.74 Å². The van der Waals surface area contributed by atoms with E-state index in [-0.39, 0.29) is 49.4 Å². The summed E-state index contributed by atoms with van der Waals surface area (Å²) in [7, 11) is -3.95. The van der Waals surface area contributed by atoms with E-state index in [1.807, 2.05) is 0 Å². The molecule has 3 aliphatic heterocycles. The number of piperidine rings is 1. The first-order chi connectivity index (χ1) is 22.3. The van der Waals surface area contributed by atoms with Crippen LogP contribution in [0.25, 0.3) is 6.08 Å². The van der Waals surface area contributed by atoms with E-state index in [9.17, 15) is 40.8 Å². The van der Waals surface area contributed by atoms with Crippen LogP contribution in [-0.4, -0.2) is 72.6 Å². The first-order valence-electron chi connectivity index (χ1n) is 15.0. The monoisotopic (exact) mass is 689 g/mol. The van der Waals surface area contributed by atoms with Crippen molar-refractivity contribution in [2.75, 3.05) is 18.0 Å². The van der Waals surface area contributed by atoms with Crippen molar-refractivity contribution >= 4 is 51.4 Å². The van der Waals surface area contributed by atoms with Gasteiger partial charge in [0.1, 0.15) is 23.0 Å². The van der Waals surface area contributed by atoms with Crippen LogP contribution in [0.4, 0.5) is 23.7 Å². The molecule has 1 spiro atoms. The van der Waals surface area contributed by atoms with E-state index in [2.05, 4.69) is 15.6 Å². The van der Waals surface area contributed by atoms with Crippen LogP contribution in [-0.2, 0) is 35.3 Å². The van der Waals surface area contributed by atoms with Gasteiger partial charge in [0, 0.05) is 24.1 Å². The molecule has 2 fully saturated rings. The average Bonchev–Trinajstić information content (AvgIpc) is 3.45. The number of benzene rings is 2. The molecule has 0 aromatic heterocycles. The molecule has 2 N–H and O–H groups in total. The third-order valence-electron chi connectivity index (χ3n) is 8.12. The first kappa shape index (κ1) is 34.8. The third kappa shape index (κ3) is 7.28. The molecule has 48 heavy (non-hydrogen) atoms. The molecule has 0 bridgehead atoms. The van der Waals surface area contributed by atoms with Crippen molar-refractivity contribution < 1.29 is 45.5 Å². The molecule has 4 amide bonds. The average molecular weight is 690 g/mol. The second-order valence-corrected chi connectivity index (χ2v) is 14.6. The lowest BCUT2D eigenvalue weighted by Gasteiger charge is -2.34. The Labute approximate surface area is 275 Å². The number of nitrogens with one attached hydrogen (secondary N) is 2. The van der Waals surface area contributed by atoms with Gasteiger partial charge < -0.3 is 15.4 Å². The smallest absolute Gasteiger partial charge is 0.416 e. The number of alkyl halides is 3. The Hall–Kier alpha value is -4.57. The summed E-state index contributed by atoms with van der Waals surface area (Å²) < 4.78 is 72.3. The van der Waals surface area contributed by atoms with Gasteiger partial charge in [0.2, 0.25) is 15.9 Å². The molecule has 0 aliphatic carbocycles. The quantitative estimate of drug-likeness (QED) is 0.437. The van der Waals surface area contributed by atoms with Gasteiger partial charge in [-0.2, -0.15) is 17.5 Å². The van der Waals surface area contributed by atoms with E-state index < -0.39 is 62.8 Å². The largest absolute Gasteiger partial charge is 0.444 e. The Morgan fingerprint density at radius 3 is 2.40 bits per heavy atom. The maximum atomic E-state index is 13.2. The summed E-state index contributed by atoms with van der Waals surface area (Å²) in [5, 5.41) is 6.00. The highest BCUT2D eigenvalue weighted by molar-refractivity contribution is 7.92. The molecule has 0 radical (unpaired) electrons. The number of ether oxygens (including phenoxy) is 1. The van der Waals surface area contributed by atoms with E-state index in [1.165, 1.54) is 28.6 Å². The number of aryl methyl sites for hydroxylation is 1. The van der Waals surface area contributed by atoms with Crippen molar-refractivity contribution in [2.24, 2.45) is 4.99 Å². The lowest BCUT2D eigenvalue weighted by molar-refractivity contribution is -0.137.